The molecule has 0 N–H and O–H groups in total. The van der Waals surface area contributed by atoms with Gasteiger partial charge in [-0.25, -0.2) is 0 Å². The Labute approximate surface area is 438 Å². The van der Waals surface area contributed by atoms with E-state index in [0.717, 1.165) is 72.7 Å². The maximum absolute atomic E-state index is 4.77. The summed E-state index contributed by atoms with van der Waals surface area (Å²) in [7, 11) is 0. The highest BCUT2D eigenvalue weighted by Gasteiger charge is 2.31. The van der Waals surface area contributed by atoms with Gasteiger partial charge in [-0.2, -0.15) is 0 Å². The molecule has 1 unspecified atom stereocenters. The zero-order valence-electron chi connectivity index (χ0n) is 40.6. The van der Waals surface area contributed by atoms with Crippen molar-refractivity contribution in [2.24, 2.45) is 0 Å². The molecule has 15 rings (SSSR count). The van der Waals surface area contributed by atoms with E-state index in [1.54, 1.807) is 0 Å². The number of hydrogen-bond donors (Lipinski definition) is 0. The zero-order chi connectivity index (χ0) is 49.4. The Balaban J connectivity index is 0.882. The number of pyridine rings is 3. The molecule has 1 atom stereocenters. The van der Waals surface area contributed by atoms with E-state index in [2.05, 4.69) is 229 Å². The average Bonchev–Trinajstić information content (AvgIpc) is 4.21. The average molecular weight is 973 g/mol. The topological polar surface area (TPSA) is 43.6 Å². The number of nitrogens with zero attached hydrogens (tertiary/aromatic N) is 4. The molecule has 5 heteroatoms. The Hall–Kier alpha value is -9.55. The van der Waals surface area contributed by atoms with Gasteiger partial charge in [-0.05, 0) is 158 Å². The number of hydrogen-bond acceptors (Lipinski definition) is 4. The molecule has 0 spiro atoms. The number of rotatable bonds is 8. The van der Waals surface area contributed by atoms with E-state index in [9.17, 15) is 0 Å². The first-order valence-corrected chi connectivity index (χ1v) is 26.3. The highest BCUT2D eigenvalue weighted by Crippen LogP contribution is 2.51. The first kappa shape index (κ1) is 43.1. The fourth-order valence-corrected chi connectivity index (χ4v) is 13.0. The van der Waals surface area contributed by atoms with Gasteiger partial charge in [-0.1, -0.05) is 146 Å². The first-order valence-electron chi connectivity index (χ1n) is 25.5. The predicted molar refractivity (Wildman–Crippen MR) is 312 cm³/mol. The van der Waals surface area contributed by atoms with Crippen molar-refractivity contribution < 1.29 is 0 Å². The lowest BCUT2D eigenvalue weighted by atomic mass is 9.87. The summed E-state index contributed by atoms with van der Waals surface area (Å²) >= 11 is 1.87. The second-order valence-corrected chi connectivity index (χ2v) is 20.5. The van der Waals surface area contributed by atoms with Gasteiger partial charge in [0.05, 0.1) is 28.1 Å². The molecular formula is C70H44N4S. The Kier molecular flexibility index (Phi) is 10.1. The maximum Gasteiger partial charge on any atom is 0.0708 e. The van der Waals surface area contributed by atoms with Crippen molar-refractivity contribution in [1.29, 1.82) is 0 Å². The third-order valence-corrected chi connectivity index (χ3v) is 16.4. The zero-order valence-corrected chi connectivity index (χ0v) is 41.4. The van der Waals surface area contributed by atoms with Crippen molar-refractivity contribution in [2.45, 2.75) is 5.92 Å². The van der Waals surface area contributed by atoms with Crippen LogP contribution >= 0.6 is 11.3 Å². The molecule has 14 aromatic rings. The van der Waals surface area contributed by atoms with Crippen LogP contribution in [-0.4, -0.2) is 19.5 Å². The van der Waals surface area contributed by atoms with Gasteiger partial charge in [-0.3, -0.25) is 15.0 Å². The third-order valence-electron chi connectivity index (χ3n) is 15.3. The van der Waals surface area contributed by atoms with Crippen LogP contribution < -0.4 is 0 Å². The van der Waals surface area contributed by atoms with Crippen molar-refractivity contribution in [3.63, 3.8) is 0 Å². The molecule has 0 bridgehead atoms. The summed E-state index contributed by atoms with van der Waals surface area (Å²) in [4.78, 5) is 14.3. The van der Waals surface area contributed by atoms with E-state index in [-0.39, 0.29) is 5.92 Å². The Morgan fingerprint density at radius 3 is 1.28 bits per heavy atom. The molecule has 1 aliphatic carbocycles. The molecule has 0 aliphatic heterocycles. The molecule has 0 amide bonds. The number of benzene rings is 9. The summed E-state index contributed by atoms with van der Waals surface area (Å²) in [5.41, 5.74) is 23.2. The monoisotopic (exact) mass is 972 g/mol. The fraction of sp³-hybridized carbons (Fsp3) is 0.0143. The normalized spacial score (nSPS) is 12.9. The van der Waals surface area contributed by atoms with Crippen LogP contribution in [0.15, 0.2) is 261 Å². The van der Waals surface area contributed by atoms with Crippen LogP contribution in [0.2, 0.25) is 0 Å². The summed E-state index contributed by atoms with van der Waals surface area (Å²) < 4.78 is 5.03. The molecule has 0 radical (unpaired) electrons. The van der Waals surface area contributed by atoms with Crippen molar-refractivity contribution in [3.8, 4) is 84.0 Å². The predicted octanol–water partition coefficient (Wildman–Crippen LogP) is 18.5. The van der Waals surface area contributed by atoms with Crippen LogP contribution in [0, 0.1) is 0 Å². The molecular weight excluding hydrogens is 929 g/mol. The van der Waals surface area contributed by atoms with Crippen LogP contribution in [0.25, 0.3) is 126 Å². The Morgan fingerprint density at radius 2 is 0.747 bits per heavy atom. The van der Waals surface area contributed by atoms with Crippen molar-refractivity contribution in [2.75, 3.05) is 0 Å². The van der Waals surface area contributed by atoms with E-state index < -0.39 is 0 Å². The molecule has 4 nitrogen and oxygen atoms in total. The molecule has 0 fully saturated rings. The molecule has 9 aromatic carbocycles. The highest BCUT2D eigenvalue weighted by atomic mass is 32.1. The molecule has 5 aromatic heterocycles. The summed E-state index contributed by atoms with van der Waals surface area (Å²) in [6, 6.07) is 88.5. The van der Waals surface area contributed by atoms with Gasteiger partial charge in [0.2, 0.25) is 0 Å². The fourth-order valence-electron chi connectivity index (χ4n) is 11.9. The summed E-state index contributed by atoms with van der Waals surface area (Å²) in [5, 5.41) is 4.92. The van der Waals surface area contributed by atoms with Crippen molar-refractivity contribution in [1.82, 2.24) is 19.5 Å². The van der Waals surface area contributed by atoms with Crippen molar-refractivity contribution in [3.05, 3.63) is 278 Å². The van der Waals surface area contributed by atoms with Crippen LogP contribution in [0.3, 0.4) is 0 Å². The van der Waals surface area contributed by atoms with Crippen molar-refractivity contribution >= 4 is 53.3 Å². The van der Waals surface area contributed by atoms with Gasteiger partial charge in [-0.15, -0.1) is 11.3 Å². The summed E-state index contributed by atoms with van der Waals surface area (Å²) in [5.74, 6) is 0.102. The second-order valence-electron chi connectivity index (χ2n) is 19.4. The standard InChI is InChI=1S/C70H44N4S/c1-5-19-53(63-23-9-12-36-71-63)49(15-1)44-26-31-57-58(39-44)52-18-4-8-22-56(52)70(57)47-29-34-68-61(42-47)62-43-48(30-35-69(62)75-68)74-66-32-27-45(50-16-2-6-20-54(50)64-24-10-13-37-72-64)40-59(66)60-41-46(28-33-67(60)74)51-17-3-7-21-55(51)65-25-11-14-38-73-65/h1-43,70H. The largest absolute Gasteiger partial charge is 0.309 e. The highest BCUT2D eigenvalue weighted by molar-refractivity contribution is 7.25. The minimum Gasteiger partial charge on any atom is -0.309 e. The van der Waals surface area contributed by atoms with Crippen LogP contribution in [-0.2, 0) is 0 Å². The lowest BCUT2D eigenvalue weighted by molar-refractivity contribution is 1.02. The number of fused-ring (bicyclic) bond motifs is 9. The molecule has 5 heterocycles. The van der Waals surface area contributed by atoms with E-state index in [4.69, 9.17) is 15.0 Å². The Morgan fingerprint density at radius 1 is 0.307 bits per heavy atom. The molecule has 350 valence electrons. The Bertz CT molecular complexity index is 4400. The first-order chi connectivity index (χ1) is 37.2. The van der Waals surface area contributed by atoms with E-state index >= 15 is 0 Å². The van der Waals surface area contributed by atoms with Gasteiger partial charge in [0.15, 0.2) is 0 Å². The van der Waals surface area contributed by atoms with E-state index in [1.807, 2.05) is 48.1 Å². The van der Waals surface area contributed by atoms with E-state index in [1.165, 1.54) is 69.9 Å². The number of aromatic nitrogens is 4. The van der Waals surface area contributed by atoms with Crippen LogP contribution in [0.4, 0.5) is 0 Å². The maximum atomic E-state index is 4.77. The summed E-state index contributed by atoms with van der Waals surface area (Å²) in [6.45, 7) is 0. The van der Waals surface area contributed by atoms with Gasteiger partial charge >= 0.3 is 0 Å². The molecule has 0 saturated heterocycles. The quantitative estimate of drug-likeness (QED) is 0.152. The number of thiophene rings is 1. The smallest absolute Gasteiger partial charge is 0.0708 e. The minimum absolute atomic E-state index is 0.102. The summed E-state index contributed by atoms with van der Waals surface area (Å²) in [6.07, 6.45) is 5.61. The SMILES string of the molecule is c1ccc(-c2ccccc2-c2ccc3c(c2)-c2ccccc2C3c2ccc3sc4ccc(-n5c6ccc(-c7ccccc7-c7ccccn7)cc6c6cc(-c7ccccc7-c7ccccn7)ccc65)cc4c3c2)nc1. The van der Waals surface area contributed by atoms with Crippen LogP contribution in [0.5, 0.6) is 0 Å². The third kappa shape index (κ3) is 7.15. The molecule has 0 saturated carbocycles. The van der Waals surface area contributed by atoms with Gasteiger partial charge in [0, 0.05) is 77.8 Å². The lowest BCUT2D eigenvalue weighted by Gasteiger charge is -2.16. The van der Waals surface area contributed by atoms with Gasteiger partial charge in [0.1, 0.15) is 0 Å². The van der Waals surface area contributed by atoms with Gasteiger partial charge in [0.25, 0.3) is 0 Å². The lowest BCUT2D eigenvalue weighted by Crippen LogP contribution is -1.99. The van der Waals surface area contributed by atoms with Crippen LogP contribution in [0.1, 0.15) is 22.6 Å². The molecule has 1 aliphatic rings. The molecule has 75 heavy (non-hydrogen) atoms. The van der Waals surface area contributed by atoms with Gasteiger partial charge < -0.3 is 4.57 Å². The van der Waals surface area contributed by atoms with E-state index in [0.29, 0.717) is 0 Å². The second kappa shape index (κ2) is 17.6. The minimum atomic E-state index is 0.102.